The zero-order chi connectivity index (χ0) is 14.2. The first-order valence-electron chi connectivity index (χ1n) is 9.55. The summed E-state index contributed by atoms with van der Waals surface area (Å²) in [6.07, 6.45) is 16.3. The smallest absolute Gasteiger partial charge is 0.00178 e. The van der Waals surface area contributed by atoms with Gasteiger partial charge in [-0.2, -0.15) is 0 Å². The van der Waals surface area contributed by atoms with Crippen molar-refractivity contribution in [3.8, 4) is 0 Å². The van der Waals surface area contributed by atoms with Crippen LogP contribution in [0.3, 0.4) is 0 Å². The van der Waals surface area contributed by atoms with Crippen molar-refractivity contribution in [2.24, 2.45) is 23.7 Å². The zero-order valence-electron chi connectivity index (χ0n) is 14.0. The van der Waals surface area contributed by atoms with Gasteiger partial charge >= 0.3 is 0 Å². The lowest BCUT2D eigenvalue weighted by molar-refractivity contribution is 0.133. The van der Waals surface area contributed by atoms with Crippen molar-refractivity contribution in [3.63, 3.8) is 0 Å². The molecule has 0 amide bonds. The normalized spacial score (nSPS) is 35.7. The molecule has 4 atom stereocenters. The summed E-state index contributed by atoms with van der Waals surface area (Å²) in [6, 6.07) is 0. The molecule has 1 heteroatoms. The van der Waals surface area contributed by atoms with Gasteiger partial charge in [0, 0.05) is 0 Å². The molecule has 0 heterocycles. The standard InChI is InChI=1S/C19H37N/c1-3-13-20-15-18-10-6-5-7-12-19(18)17-11-8-9-16(4-2)14-17/h16-20H,3-15H2,1-2H3. The Morgan fingerprint density at radius 3 is 2.55 bits per heavy atom. The predicted octanol–water partition coefficient (Wildman–Crippen LogP) is 5.40. The molecule has 20 heavy (non-hydrogen) atoms. The van der Waals surface area contributed by atoms with Crippen molar-refractivity contribution in [3.05, 3.63) is 0 Å². The van der Waals surface area contributed by atoms with Crippen molar-refractivity contribution in [2.45, 2.75) is 84.5 Å². The van der Waals surface area contributed by atoms with Crippen LogP contribution in [0.2, 0.25) is 0 Å². The molecule has 118 valence electrons. The van der Waals surface area contributed by atoms with Crippen LogP contribution in [-0.2, 0) is 0 Å². The molecule has 2 aliphatic carbocycles. The molecule has 0 spiro atoms. The average Bonchev–Trinajstić information content (AvgIpc) is 2.73. The molecule has 2 aliphatic rings. The zero-order valence-corrected chi connectivity index (χ0v) is 14.0. The molecule has 2 rings (SSSR count). The molecule has 1 N–H and O–H groups in total. The summed E-state index contributed by atoms with van der Waals surface area (Å²) >= 11 is 0. The summed E-state index contributed by atoms with van der Waals surface area (Å²) < 4.78 is 0. The highest BCUT2D eigenvalue weighted by Crippen LogP contribution is 2.42. The molecular formula is C19H37N. The number of hydrogen-bond acceptors (Lipinski definition) is 1. The molecule has 1 nitrogen and oxygen atoms in total. The average molecular weight is 280 g/mol. The van der Waals surface area contributed by atoms with E-state index in [2.05, 4.69) is 19.2 Å². The van der Waals surface area contributed by atoms with Gasteiger partial charge < -0.3 is 5.32 Å². The summed E-state index contributed by atoms with van der Waals surface area (Å²) in [5, 5.41) is 3.73. The SMILES string of the molecule is CCCNCC1CCCCCC1C1CCCC(CC)C1. The van der Waals surface area contributed by atoms with E-state index in [4.69, 9.17) is 0 Å². The van der Waals surface area contributed by atoms with Crippen LogP contribution in [0, 0.1) is 23.7 Å². The Morgan fingerprint density at radius 1 is 0.900 bits per heavy atom. The fourth-order valence-electron chi connectivity index (χ4n) is 4.84. The number of hydrogen-bond donors (Lipinski definition) is 1. The summed E-state index contributed by atoms with van der Waals surface area (Å²) in [5.41, 5.74) is 0. The molecule has 4 unspecified atom stereocenters. The minimum Gasteiger partial charge on any atom is -0.316 e. The third-order valence-corrected chi connectivity index (χ3v) is 6.06. The van der Waals surface area contributed by atoms with E-state index in [-0.39, 0.29) is 0 Å². The first kappa shape index (κ1) is 16.3. The Balaban J connectivity index is 1.92. The number of rotatable bonds is 6. The van der Waals surface area contributed by atoms with E-state index in [1.54, 1.807) is 6.42 Å². The van der Waals surface area contributed by atoms with Crippen LogP contribution in [0.4, 0.5) is 0 Å². The second-order valence-corrected chi connectivity index (χ2v) is 7.47. The van der Waals surface area contributed by atoms with Crippen LogP contribution in [0.5, 0.6) is 0 Å². The molecule has 0 radical (unpaired) electrons. The van der Waals surface area contributed by atoms with Crippen molar-refractivity contribution in [2.75, 3.05) is 13.1 Å². The van der Waals surface area contributed by atoms with Crippen molar-refractivity contribution < 1.29 is 0 Å². The van der Waals surface area contributed by atoms with Gasteiger partial charge in [0.15, 0.2) is 0 Å². The van der Waals surface area contributed by atoms with Crippen molar-refractivity contribution in [1.82, 2.24) is 5.32 Å². The molecule has 0 aromatic heterocycles. The van der Waals surface area contributed by atoms with Crippen molar-refractivity contribution in [1.29, 1.82) is 0 Å². The van der Waals surface area contributed by atoms with Gasteiger partial charge in [0.2, 0.25) is 0 Å². The lowest BCUT2D eigenvalue weighted by Crippen LogP contribution is -2.34. The maximum absolute atomic E-state index is 3.73. The summed E-state index contributed by atoms with van der Waals surface area (Å²) in [7, 11) is 0. The first-order valence-corrected chi connectivity index (χ1v) is 9.55. The summed E-state index contributed by atoms with van der Waals surface area (Å²) in [6.45, 7) is 7.20. The van der Waals surface area contributed by atoms with Gasteiger partial charge in [-0.05, 0) is 62.4 Å². The van der Waals surface area contributed by atoms with Gasteiger partial charge in [0.25, 0.3) is 0 Å². The van der Waals surface area contributed by atoms with Crippen LogP contribution < -0.4 is 5.32 Å². The number of nitrogens with one attached hydrogen (secondary N) is 1. The quantitative estimate of drug-likeness (QED) is 0.507. The van der Waals surface area contributed by atoms with E-state index in [1.165, 1.54) is 77.3 Å². The minimum atomic E-state index is 0.977. The van der Waals surface area contributed by atoms with E-state index in [0.29, 0.717) is 0 Å². The van der Waals surface area contributed by atoms with E-state index < -0.39 is 0 Å². The van der Waals surface area contributed by atoms with Gasteiger partial charge in [0.1, 0.15) is 0 Å². The van der Waals surface area contributed by atoms with Crippen LogP contribution in [0.1, 0.15) is 84.5 Å². The summed E-state index contributed by atoms with van der Waals surface area (Å²) in [4.78, 5) is 0. The fraction of sp³-hybridized carbons (Fsp3) is 1.00. The Kier molecular flexibility index (Phi) is 7.41. The molecule has 0 aromatic rings. The van der Waals surface area contributed by atoms with E-state index in [9.17, 15) is 0 Å². The highest BCUT2D eigenvalue weighted by Gasteiger charge is 2.33. The summed E-state index contributed by atoms with van der Waals surface area (Å²) in [5.74, 6) is 4.11. The molecule has 2 saturated carbocycles. The maximum atomic E-state index is 3.73. The maximum Gasteiger partial charge on any atom is -0.00178 e. The van der Waals surface area contributed by atoms with Crippen LogP contribution >= 0.6 is 0 Å². The van der Waals surface area contributed by atoms with E-state index >= 15 is 0 Å². The third-order valence-electron chi connectivity index (χ3n) is 6.06. The Hall–Kier alpha value is -0.0400. The van der Waals surface area contributed by atoms with Crippen LogP contribution in [-0.4, -0.2) is 13.1 Å². The lowest BCUT2D eigenvalue weighted by atomic mass is 9.69. The van der Waals surface area contributed by atoms with E-state index in [0.717, 1.165) is 23.7 Å². The highest BCUT2D eigenvalue weighted by molar-refractivity contribution is 4.84. The van der Waals surface area contributed by atoms with Gasteiger partial charge in [-0.25, -0.2) is 0 Å². The monoisotopic (exact) mass is 279 g/mol. The topological polar surface area (TPSA) is 12.0 Å². The highest BCUT2D eigenvalue weighted by atomic mass is 14.9. The Bertz CT molecular complexity index is 250. The van der Waals surface area contributed by atoms with Crippen molar-refractivity contribution >= 4 is 0 Å². The Labute approximate surface area is 127 Å². The van der Waals surface area contributed by atoms with Crippen LogP contribution in [0.25, 0.3) is 0 Å². The molecule has 0 aliphatic heterocycles. The molecule has 0 aromatic carbocycles. The first-order chi connectivity index (χ1) is 9.85. The molecule has 0 bridgehead atoms. The van der Waals surface area contributed by atoms with Crippen LogP contribution in [0.15, 0.2) is 0 Å². The predicted molar refractivity (Wildman–Crippen MR) is 89.0 cm³/mol. The molecular weight excluding hydrogens is 242 g/mol. The molecule has 0 saturated heterocycles. The van der Waals surface area contributed by atoms with E-state index in [1.807, 2.05) is 0 Å². The molecule has 2 fully saturated rings. The van der Waals surface area contributed by atoms with Gasteiger partial charge in [-0.3, -0.25) is 0 Å². The van der Waals surface area contributed by atoms with Gasteiger partial charge in [0.05, 0.1) is 0 Å². The Morgan fingerprint density at radius 2 is 1.75 bits per heavy atom. The third kappa shape index (κ3) is 4.76. The second-order valence-electron chi connectivity index (χ2n) is 7.47. The second kappa shape index (κ2) is 9.07. The largest absolute Gasteiger partial charge is 0.316 e. The minimum absolute atomic E-state index is 0.977. The van der Waals surface area contributed by atoms with Gasteiger partial charge in [-0.1, -0.05) is 58.8 Å². The van der Waals surface area contributed by atoms with Gasteiger partial charge in [-0.15, -0.1) is 0 Å². The fourth-order valence-corrected chi connectivity index (χ4v) is 4.84. The lowest BCUT2D eigenvalue weighted by Gasteiger charge is -2.38.